The van der Waals surface area contributed by atoms with Crippen LogP contribution in [0.15, 0.2) is 48.7 Å². The molecule has 1 atom stereocenters. The van der Waals surface area contributed by atoms with Crippen LogP contribution in [-0.2, 0) is 11.2 Å². The molecule has 0 bridgehead atoms. The zero-order valence-electron chi connectivity index (χ0n) is 9.58. The number of hydrogen-bond donors (Lipinski definition) is 1. The Morgan fingerprint density at radius 1 is 1.22 bits per heavy atom. The Bertz CT molecular complexity index is 525. The van der Waals surface area contributed by atoms with E-state index in [9.17, 15) is 14.3 Å². The lowest BCUT2D eigenvalue weighted by molar-refractivity contribution is -0.138. The van der Waals surface area contributed by atoms with Crippen molar-refractivity contribution in [3.05, 3.63) is 65.7 Å². The molecule has 1 aromatic heterocycles. The highest BCUT2D eigenvalue weighted by molar-refractivity contribution is 5.76. The van der Waals surface area contributed by atoms with E-state index < -0.39 is 11.9 Å². The molecule has 0 aliphatic carbocycles. The fraction of sp³-hybridized carbons (Fsp3) is 0.143. The Labute approximate surface area is 104 Å². The summed E-state index contributed by atoms with van der Waals surface area (Å²) in [7, 11) is 0. The highest BCUT2D eigenvalue weighted by Crippen LogP contribution is 2.20. The number of aromatic nitrogens is 1. The van der Waals surface area contributed by atoms with Gasteiger partial charge in [0.1, 0.15) is 5.82 Å². The molecule has 2 rings (SSSR count). The molecule has 0 radical (unpaired) electrons. The molecule has 1 heterocycles. The van der Waals surface area contributed by atoms with E-state index >= 15 is 0 Å². The molecule has 2 aromatic rings. The Balaban J connectivity index is 2.24. The molecule has 0 amide bonds. The third-order valence-corrected chi connectivity index (χ3v) is 2.71. The number of nitrogens with zero attached hydrogens (tertiary/aromatic N) is 1. The molecule has 0 spiro atoms. The summed E-state index contributed by atoms with van der Waals surface area (Å²) in [5.41, 5.74) is 1.28. The van der Waals surface area contributed by atoms with Gasteiger partial charge in [-0.3, -0.25) is 9.78 Å². The quantitative estimate of drug-likeness (QED) is 0.900. The van der Waals surface area contributed by atoms with Gasteiger partial charge in [0.05, 0.1) is 5.92 Å². The van der Waals surface area contributed by atoms with Gasteiger partial charge in [-0.1, -0.05) is 18.2 Å². The van der Waals surface area contributed by atoms with Gasteiger partial charge in [0.15, 0.2) is 0 Å². The van der Waals surface area contributed by atoms with E-state index in [2.05, 4.69) is 4.98 Å². The smallest absolute Gasteiger partial charge is 0.311 e. The fourth-order valence-corrected chi connectivity index (χ4v) is 1.77. The first-order chi connectivity index (χ1) is 8.66. The first kappa shape index (κ1) is 12.2. The minimum Gasteiger partial charge on any atom is -0.481 e. The van der Waals surface area contributed by atoms with Gasteiger partial charge < -0.3 is 5.11 Å². The Morgan fingerprint density at radius 2 is 1.94 bits per heavy atom. The van der Waals surface area contributed by atoms with Crippen molar-refractivity contribution in [3.8, 4) is 0 Å². The summed E-state index contributed by atoms with van der Waals surface area (Å²) in [6.07, 6.45) is 1.92. The molecule has 0 aliphatic heterocycles. The van der Waals surface area contributed by atoms with Crippen molar-refractivity contribution in [2.75, 3.05) is 0 Å². The molecule has 1 unspecified atom stereocenters. The van der Waals surface area contributed by atoms with Crippen molar-refractivity contribution in [3.63, 3.8) is 0 Å². The van der Waals surface area contributed by atoms with Crippen LogP contribution in [0.5, 0.6) is 0 Å². The molecule has 0 saturated carbocycles. The van der Waals surface area contributed by atoms with E-state index in [1.54, 1.807) is 18.3 Å². The summed E-state index contributed by atoms with van der Waals surface area (Å²) in [6, 6.07) is 10.9. The monoisotopic (exact) mass is 245 g/mol. The summed E-state index contributed by atoms with van der Waals surface area (Å²) < 4.78 is 12.8. The number of pyridine rings is 1. The number of benzene rings is 1. The second kappa shape index (κ2) is 5.40. The van der Waals surface area contributed by atoms with E-state index in [0.717, 1.165) is 0 Å². The van der Waals surface area contributed by atoms with Crippen LogP contribution in [0.1, 0.15) is 17.2 Å². The number of carboxylic acid groups (broad SMARTS) is 1. The van der Waals surface area contributed by atoms with Crippen LogP contribution in [0.3, 0.4) is 0 Å². The zero-order chi connectivity index (χ0) is 13.0. The molecule has 4 heteroatoms. The van der Waals surface area contributed by atoms with Crippen molar-refractivity contribution in [2.24, 2.45) is 0 Å². The summed E-state index contributed by atoms with van der Waals surface area (Å²) in [6.45, 7) is 0. The number of carbonyl (C=O) groups is 1. The predicted octanol–water partition coefficient (Wildman–Crippen LogP) is 2.63. The highest BCUT2D eigenvalue weighted by Gasteiger charge is 2.20. The number of aliphatic carboxylic acids is 1. The molecule has 3 nitrogen and oxygen atoms in total. The number of rotatable bonds is 4. The van der Waals surface area contributed by atoms with E-state index in [4.69, 9.17) is 0 Å². The van der Waals surface area contributed by atoms with Crippen molar-refractivity contribution < 1.29 is 14.3 Å². The standard InChI is InChI=1S/C14H12FNO2/c15-11-6-4-10(5-7-11)13(14(17)18)9-12-3-1-2-8-16-12/h1-8,13H,9H2,(H,17,18). The first-order valence-electron chi connectivity index (χ1n) is 5.55. The lowest BCUT2D eigenvalue weighted by Gasteiger charge is -2.12. The van der Waals surface area contributed by atoms with E-state index in [-0.39, 0.29) is 5.82 Å². The molecule has 0 fully saturated rings. The van der Waals surface area contributed by atoms with E-state index in [0.29, 0.717) is 17.7 Å². The normalized spacial score (nSPS) is 12.1. The van der Waals surface area contributed by atoms with Gasteiger partial charge in [-0.25, -0.2) is 4.39 Å². The summed E-state index contributed by atoms with van der Waals surface area (Å²) in [4.78, 5) is 15.4. The first-order valence-corrected chi connectivity index (χ1v) is 5.55. The second-order valence-corrected chi connectivity index (χ2v) is 3.97. The molecule has 18 heavy (non-hydrogen) atoms. The van der Waals surface area contributed by atoms with Crippen molar-refractivity contribution in [1.82, 2.24) is 4.98 Å². The summed E-state index contributed by atoms with van der Waals surface area (Å²) in [5, 5.41) is 9.24. The van der Waals surface area contributed by atoms with Crippen LogP contribution in [0.25, 0.3) is 0 Å². The molecule has 1 N–H and O–H groups in total. The highest BCUT2D eigenvalue weighted by atomic mass is 19.1. The maximum Gasteiger partial charge on any atom is 0.311 e. The summed E-state index contributed by atoms with van der Waals surface area (Å²) in [5.74, 6) is -2.02. The predicted molar refractivity (Wildman–Crippen MR) is 64.7 cm³/mol. The van der Waals surface area contributed by atoms with Gasteiger partial charge in [-0.2, -0.15) is 0 Å². The molecular formula is C14H12FNO2. The number of carboxylic acids is 1. The SMILES string of the molecule is O=C(O)C(Cc1ccccn1)c1ccc(F)cc1. The maximum atomic E-state index is 12.8. The van der Waals surface area contributed by atoms with Gasteiger partial charge in [-0.15, -0.1) is 0 Å². The van der Waals surface area contributed by atoms with Gasteiger partial charge in [0, 0.05) is 18.3 Å². The average Bonchev–Trinajstić information content (AvgIpc) is 2.38. The molecule has 92 valence electrons. The Hall–Kier alpha value is -2.23. The molecule has 0 saturated heterocycles. The minimum atomic E-state index is -0.938. The van der Waals surface area contributed by atoms with Crippen LogP contribution in [0.2, 0.25) is 0 Å². The summed E-state index contributed by atoms with van der Waals surface area (Å²) >= 11 is 0. The van der Waals surface area contributed by atoms with Crippen molar-refractivity contribution in [2.45, 2.75) is 12.3 Å². The topological polar surface area (TPSA) is 50.2 Å². The maximum absolute atomic E-state index is 12.8. The van der Waals surface area contributed by atoms with Gasteiger partial charge in [-0.05, 0) is 29.8 Å². The van der Waals surface area contributed by atoms with Gasteiger partial charge >= 0.3 is 5.97 Å². The zero-order valence-corrected chi connectivity index (χ0v) is 9.58. The molecule has 0 aliphatic rings. The lowest BCUT2D eigenvalue weighted by atomic mass is 9.94. The third-order valence-electron chi connectivity index (χ3n) is 2.71. The van der Waals surface area contributed by atoms with Crippen LogP contribution < -0.4 is 0 Å². The van der Waals surface area contributed by atoms with Crippen molar-refractivity contribution in [1.29, 1.82) is 0 Å². The second-order valence-electron chi connectivity index (χ2n) is 3.97. The number of halogens is 1. The van der Waals surface area contributed by atoms with E-state index in [1.807, 2.05) is 6.07 Å². The minimum absolute atomic E-state index is 0.293. The number of hydrogen-bond acceptors (Lipinski definition) is 2. The fourth-order valence-electron chi connectivity index (χ4n) is 1.77. The van der Waals surface area contributed by atoms with Crippen LogP contribution >= 0.6 is 0 Å². The Kier molecular flexibility index (Phi) is 3.67. The van der Waals surface area contributed by atoms with Crippen LogP contribution in [0.4, 0.5) is 4.39 Å². The van der Waals surface area contributed by atoms with Crippen molar-refractivity contribution >= 4 is 5.97 Å². The van der Waals surface area contributed by atoms with Gasteiger partial charge in [0.25, 0.3) is 0 Å². The Morgan fingerprint density at radius 3 is 2.50 bits per heavy atom. The van der Waals surface area contributed by atoms with Gasteiger partial charge in [0.2, 0.25) is 0 Å². The van der Waals surface area contributed by atoms with Crippen LogP contribution in [0, 0.1) is 5.82 Å². The van der Waals surface area contributed by atoms with Crippen LogP contribution in [-0.4, -0.2) is 16.1 Å². The van der Waals surface area contributed by atoms with E-state index in [1.165, 1.54) is 24.3 Å². The lowest BCUT2D eigenvalue weighted by Crippen LogP contribution is -2.15. The third kappa shape index (κ3) is 2.91. The molecule has 1 aromatic carbocycles. The largest absolute Gasteiger partial charge is 0.481 e. The average molecular weight is 245 g/mol. The molecular weight excluding hydrogens is 233 g/mol.